The van der Waals surface area contributed by atoms with Crippen LogP contribution < -0.4 is 5.56 Å². The lowest BCUT2D eigenvalue weighted by atomic mass is 10.0. The first kappa shape index (κ1) is 11.1. The fraction of sp³-hybridized carbons (Fsp3) is 0.385. The van der Waals surface area contributed by atoms with E-state index < -0.39 is 0 Å². The number of H-pyrrole nitrogens is 1. The van der Waals surface area contributed by atoms with Gasteiger partial charge in [0.2, 0.25) is 0 Å². The normalized spacial score (nSPS) is 16.0. The Labute approximate surface area is 104 Å². The monoisotopic (exact) mass is 242 g/mol. The summed E-state index contributed by atoms with van der Waals surface area (Å²) in [5.74, 6) is 0.931. The highest BCUT2D eigenvalue weighted by Crippen LogP contribution is 2.32. The van der Waals surface area contributed by atoms with Gasteiger partial charge in [-0.25, -0.2) is 9.97 Å². The molecule has 1 N–H and O–H groups in total. The van der Waals surface area contributed by atoms with Crippen LogP contribution in [-0.4, -0.2) is 19.9 Å². The summed E-state index contributed by atoms with van der Waals surface area (Å²) in [5, 5.41) is 0. The molecule has 5 nitrogen and oxygen atoms in total. The molecule has 0 saturated heterocycles. The van der Waals surface area contributed by atoms with Crippen LogP contribution in [0, 0.1) is 0 Å². The fourth-order valence-corrected chi connectivity index (χ4v) is 2.45. The summed E-state index contributed by atoms with van der Waals surface area (Å²) >= 11 is 0. The Balaban J connectivity index is 2.03. The molecule has 0 atom stereocenters. The largest absolute Gasteiger partial charge is 0.305 e. The first-order valence-electron chi connectivity index (χ1n) is 6.20. The maximum atomic E-state index is 11.7. The second-order valence-electron chi connectivity index (χ2n) is 4.59. The van der Waals surface area contributed by atoms with Crippen molar-refractivity contribution < 1.29 is 0 Å². The van der Waals surface area contributed by atoms with E-state index in [1.54, 1.807) is 24.7 Å². The van der Waals surface area contributed by atoms with E-state index in [9.17, 15) is 4.79 Å². The number of aromatic amines is 1. The second-order valence-corrected chi connectivity index (χ2v) is 4.59. The molecule has 0 unspecified atom stereocenters. The molecule has 1 aliphatic carbocycles. The molecule has 2 aromatic heterocycles. The van der Waals surface area contributed by atoms with Crippen LogP contribution in [0.3, 0.4) is 0 Å². The molecule has 0 aromatic carbocycles. The predicted octanol–water partition coefficient (Wildman–Crippen LogP) is 1.88. The molecule has 1 fully saturated rings. The Hall–Kier alpha value is -2.04. The van der Waals surface area contributed by atoms with Gasteiger partial charge in [-0.3, -0.25) is 9.78 Å². The van der Waals surface area contributed by atoms with Crippen molar-refractivity contribution in [1.82, 2.24) is 19.9 Å². The minimum Gasteiger partial charge on any atom is -0.305 e. The van der Waals surface area contributed by atoms with Crippen molar-refractivity contribution in [1.29, 1.82) is 0 Å². The molecule has 2 heterocycles. The van der Waals surface area contributed by atoms with Crippen molar-refractivity contribution in [3.05, 3.63) is 40.7 Å². The van der Waals surface area contributed by atoms with E-state index >= 15 is 0 Å². The summed E-state index contributed by atoms with van der Waals surface area (Å²) in [6.07, 6.45) is 9.49. The Morgan fingerprint density at radius 3 is 2.78 bits per heavy atom. The second kappa shape index (κ2) is 4.68. The zero-order valence-electron chi connectivity index (χ0n) is 9.97. The highest BCUT2D eigenvalue weighted by Gasteiger charge is 2.19. The van der Waals surface area contributed by atoms with Crippen LogP contribution in [-0.2, 0) is 0 Å². The predicted molar refractivity (Wildman–Crippen MR) is 67.1 cm³/mol. The van der Waals surface area contributed by atoms with E-state index in [-0.39, 0.29) is 5.56 Å². The molecule has 0 spiro atoms. The van der Waals surface area contributed by atoms with Crippen LogP contribution in [0.1, 0.15) is 37.3 Å². The zero-order chi connectivity index (χ0) is 12.4. The summed E-state index contributed by atoms with van der Waals surface area (Å²) in [5.41, 5.74) is 1.37. The Kier molecular flexibility index (Phi) is 2.88. The molecule has 0 aliphatic heterocycles. The summed E-state index contributed by atoms with van der Waals surface area (Å²) in [6, 6.07) is 1.61. The summed E-state index contributed by atoms with van der Waals surface area (Å²) in [4.78, 5) is 27.1. The molecule has 92 valence electrons. The van der Waals surface area contributed by atoms with Gasteiger partial charge in [0.25, 0.3) is 5.56 Å². The highest BCUT2D eigenvalue weighted by molar-refractivity contribution is 5.46. The standard InChI is InChI=1S/C13H14N4O/c18-12-7-10(9-3-1-2-4-9)16-13(17-12)11-8-14-5-6-15-11/h5-9H,1-4H2,(H,16,17,18). The maximum absolute atomic E-state index is 11.7. The van der Waals surface area contributed by atoms with Crippen LogP contribution in [0.4, 0.5) is 0 Å². The van der Waals surface area contributed by atoms with Crippen molar-refractivity contribution >= 4 is 0 Å². The summed E-state index contributed by atoms with van der Waals surface area (Å²) in [6.45, 7) is 0. The molecule has 0 bridgehead atoms. The van der Waals surface area contributed by atoms with Gasteiger partial charge < -0.3 is 4.98 Å². The number of hydrogen-bond acceptors (Lipinski definition) is 4. The van der Waals surface area contributed by atoms with Crippen molar-refractivity contribution in [2.24, 2.45) is 0 Å². The molecule has 2 aromatic rings. The lowest BCUT2D eigenvalue weighted by Crippen LogP contribution is -2.12. The molecule has 5 heteroatoms. The summed E-state index contributed by atoms with van der Waals surface area (Å²) in [7, 11) is 0. The van der Waals surface area contributed by atoms with E-state index in [1.807, 2.05) is 0 Å². The van der Waals surface area contributed by atoms with Crippen molar-refractivity contribution in [2.45, 2.75) is 31.6 Å². The summed E-state index contributed by atoms with van der Waals surface area (Å²) < 4.78 is 0. The van der Waals surface area contributed by atoms with Crippen LogP contribution in [0.15, 0.2) is 29.5 Å². The Bertz CT molecular complexity index is 587. The van der Waals surface area contributed by atoms with E-state index in [2.05, 4.69) is 19.9 Å². The third-order valence-electron chi connectivity index (χ3n) is 3.34. The van der Waals surface area contributed by atoms with E-state index in [1.165, 1.54) is 12.8 Å². The number of hydrogen-bond donors (Lipinski definition) is 1. The average molecular weight is 242 g/mol. The van der Waals surface area contributed by atoms with Gasteiger partial charge in [-0.15, -0.1) is 0 Å². The van der Waals surface area contributed by atoms with Crippen LogP contribution in [0.5, 0.6) is 0 Å². The minimum atomic E-state index is -0.118. The quantitative estimate of drug-likeness (QED) is 0.872. The van der Waals surface area contributed by atoms with Crippen molar-refractivity contribution in [3.63, 3.8) is 0 Å². The molecule has 0 amide bonds. The lowest BCUT2D eigenvalue weighted by molar-refractivity contribution is 0.693. The third kappa shape index (κ3) is 2.16. The SMILES string of the molecule is O=c1cc(C2CCCC2)nc(-c2cnccn2)[nH]1. The highest BCUT2D eigenvalue weighted by atomic mass is 16.1. The van der Waals surface area contributed by atoms with Gasteiger partial charge >= 0.3 is 0 Å². The van der Waals surface area contributed by atoms with Gasteiger partial charge in [-0.1, -0.05) is 12.8 Å². The number of rotatable bonds is 2. The Morgan fingerprint density at radius 2 is 2.06 bits per heavy atom. The molecule has 18 heavy (non-hydrogen) atoms. The lowest BCUT2D eigenvalue weighted by Gasteiger charge is -2.09. The van der Waals surface area contributed by atoms with Gasteiger partial charge in [0.15, 0.2) is 5.82 Å². The molecule has 0 radical (unpaired) electrons. The van der Waals surface area contributed by atoms with E-state index in [0.717, 1.165) is 18.5 Å². The molecule has 3 rings (SSSR count). The average Bonchev–Trinajstić information content (AvgIpc) is 2.93. The third-order valence-corrected chi connectivity index (χ3v) is 3.34. The first-order chi connectivity index (χ1) is 8.83. The van der Waals surface area contributed by atoms with Gasteiger partial charge in [0, 0.05) is 24.4 Å². The van der Waals surface area contributed by atoms with Crippen molar-refractivity contribution in [2.75, 3.05) is 0 Å². The van der Waals surface area contributed by atoms with E-state index in [0.29, 0.717) is 17.4 Å². The molecular weight excluding hydrogens is 228 g/mol. The number of nitrogens with one attached hydrogen (secondary N) is 1. The fourth-order valence-electron chi connectivity index (χ4n) is 2.45. The Morgan fingerprint density at radius 1 is 1.22 bits per heavy atom. The van der Waals surface area contributed by atoms with Crippen molar-refractivity contribution in [3.8, 4) is 11.5 Å². The van der Waals surface area contributed by atoms with Crippen LogP contribution >= 0.6 is 0 Å². The van der Waals surface area contributed by atoms with Gasteiger partial charge in [0.05, 0.1) is 11.9 Å². The molecular formula is C13H14N4O. The van der Waals surface area contributed by atoms with Gasteiger partial charge in [-0.2, -0.15) is 0 Å². The van der Waals surface area contributed by atoms with E-state index in [4.69, 9.17) is 0 Å². The minimum absolute atomic E-state index is 0.118. The number of aromatic nitrogens is 4. The molecule has 1 aliphatic rings. The van der Waals surface area contributed by atoms with Crippen LogP contribution in [0.2, 0.25) is 0 Å². The zero-order valence-corrected chi connectivity index (χ0v) is 9.97. The van der Waals surface area contributed by atoms with Crippen LogP contribution in [0.25, 0.3) is 11.5 Å². The number of nitrogens with zero attached hydrogens (tertiary/aromatic N) is 3. The first-order valence-corrected chi connectivity index (χ1v) is 6.20. The topological polar surface area (TPSA) is 71.5 Å². The smallest absolute Gasteiger partial charge is 0.251 e. The van der Waals surface area contributed by atoms with Gasteiger partial charge in [-0.05, 0) is 12.8 Å². The molecule has 1 saturated carbocycles. The van der Waals surface area contributed by atoms with Gasteiger partial charge in [0.1, 0.15) is 5.69 Å². The maximum Gasteiger partial charge on any atom is 0.251 e.